The summed E-state index contributed by atoms with van der Waals surface area (Å²) < 4.78 is 8.83. The molecule has 2 aromatic heterocycles. The van der Waals surface area contributed by atoms with E-state index in [0.717, 1.165) is 17.9 Å². The third-order valence-electron chi connectivity index (χ3n) is 3.12. The van der Waals surface area contributed by atoms with Crippen molar-refractivity contribution in [2.75, 3.05) is 7.11 Å². The van der Waals surface area contributed by atoms with Crippen LogP contribution in [0.2, 0.25) is 0 Å². The Bertz CT molecular complexity index is 578. The van der Waals surface area contributed by atoms with Crippen LogP contribution in [0.25, 0.3) is 11.4 Å². The summed E-state index contributed by atoms with van der Waals surface area (Å²) in [4.78, 5) is 11.5. The lowest BCUT2D eigenvalue weighted by Crippen LogP contribution is -2.08. The Balaban J connectivity index is 2.19. The molecule has 0 radical (unpaired) electrons. The van der Waals surface area contributed by atoms with Crippen molar-refractivity contribution in [1.82, 2.24) is 9.13 Å². The fourth-order valence-electron chi connectivity index (χ4n) is 2.37. The van der Waals surface area contributed by atoms with E-state index in [0.29, 0.717) is 5.69 Å². The summed E-state index contributed by atoms with van der Waals surface area (Å²) >= 11 is 0. The first-order valence-electron chi connectivity index (χ1n) is 5.15. The van der Waals surface area contributed by atoms with Crippen LogP contribution in [0, 0.1) is 0 Å². The van der Waals surface area contributed by atoms with Crippen molar-refractivity contribution in [1.29, 1.82) is 0 Å². The van der Waals surface area contributed by atoms with Gasteiger partial charge < -0.3 is 13.9 Å². The zero-order chi connectivity index (χ0) is 11.3. The lowest BCUT2D eigenvalue weighted by atomic mass is 10.2. The molecule has 0 spiro atoms. The second-order valence-electron chi connectivity index (χ2n) is 3.98. The Morgan fingerprint density at radius 1 is 1.50 bits per heavy atom. The summed E-state index contributed by atoms with van der Waals surface area (Å²) in [7, 11) is 3.30. The molecule has 1 aliphatic rings. The van der Waals surface area contributed by atoms with E-state index in [1.807, 2.05) is 29.9 Å². The molecule has 82 valence electrons. The average molecular weight is 216 g/mol. The molecular formula is C12H12N2O2. The topological polar surface area (TPSA) is 36.2 Å². The first-order chi connectivity index (χ1) is 7.72. The Kier molecular flexibility index (Phi) is 1.74. The van der Waals surface area contributed by atoms with Gasteiger partial charge in [-0.2, -0.15) is 0 Å². The SMILES string of the molecule is COC(=O)c1cc2c(n1C)-c1cccn1C2. The van der Waals surface area contributed by atoms with Crippen LogP contribution in [0.4, 0.5) is 0 Å². The van der Waals surface area contributed by atoms with E-state index in [4.69, 9.17) is 4.74 Å². The van der Waals surface area contributed by atoms with E-state index < -0.39 is 0 Å². The Morgan fingerprint density at radius 2 is 2.31 bits per heavy atom. The monoisotopic (exact) mass is 216 g/mol. The molecule has 0 bridgehead atoms. The number of esters is 1. The highest BCUT2D eigenvalue weighted by atomic mass is 16.5. The predicted octanol–water partition coefficient (Wildman–Crippen LogP) is 1.64. The number of nitrogens with zero attached hydrogens (tertiary/aromatic N) is 2. The molecule has 0 saturated carbocycles. The van der Waals surface area contributed by atoms with Crippen molar-refractivity contribution in [3.05, 3.63) is 35.7 Å². The number of rotatable bonds is 1. The fraction of sp³-hybridized carbons (Fsp3) is 0.250. The fourth-order valence-corrected chi connectivity index (χ4v) is 2.37. The number of aromatic nitrogens is 2. The molecule has 3 rings (SSSR count). The van der Waals surface area contributed by atoms with Crippen molar-refractivity contribution in [3.63, 3.8) is 0 Å². The lowest BCUT2D eigenvalue weighted by molar-refractivity contribution is 0.0590. The van der Waals surface area contributed by atoms with Gasteiger partial charge in [-0.15, -0.1) is 0 Å². The third kappa shape index (κ3) is 1.01. The molecule has 0 aliphatic carbocycles. The molecule has 16 heavy (non-hydrogen) atoms. The molecule has 0 aromatic carbocycles. The number of carbonyl (C=O) groups excluding carboxylic acids is 1. The van der Waals surface area contributed by atoms with Gasteiger partial charge in [0.1, 0.15) is 5.69 Å². The number of hydrogen-bond donors (Lipinski definition) is 0. The first-order valence-corrected chi connectivity index (χ1v) is 5.15. The minimum Gasteiger partial charge on any atom is -0.464 e. The zero-order valence-electron chi connectivity index (χ0n) is 9.23. The second kappa shape index (κ2) is 3.01. The Hall–Kier alpha value is -1.97. The van der Waals surface area contributed by atoms with Crippen molar-refractivity contribution in [2.45, 2.75) is 6.54 Å². The summed E-state index contributed by atoms with van der Waals surface area (Å²) in [5.41, 5.74) is 4.07. The van der Waals surface area contributed by atoms with Crippen LogP contribution in [0.1, 0.15) is 16.1 Å². The summed E-state index contributed by atoms with van der Waals surface area (Å²) in [6.07, 6.45) is 2.05. The van der Waals surface area contributed by atoms with E-state index in [2.05, 4.69) is 10.6 Å². The van der Waals surface area contributed by atoms with Gasteiger partial charge in [0.05, 0.1) is 18.5 Å². The largest absolute Gasteiger partial charge is 0.464 e. The summed E-state index contributed by atoms with van der Waals surface area (Å²) in [5.74, 6) is -0.282. The molecule has 4 nitrogen and oxygen atoms in total. The molecular weight excluding hydrogens is 204 g/mol. The van der Waals surface area contributed by atoms with Gasteiger partial charge >= 0.3 is 5.97 Å². The van der Waals surface area contributed by atoms with Crippen LogP contribution in [0.5, 0.6) is 0 Å². The molecule has 0 saturated heterocycles. The molecule has 2 aromatic rings. The third-order valence-corrected chi connectivity index (χ3v) is 3.12. The average Bonchev–Trinajstić information content (AvgIpc) is 2.89. The van der Waals surface area contributed by atoms with Crippen LogP contribution < -0.4 is 0 Å². The number of carbonyl (C=O) groups is 1. The van der Waals surface area contributed by atoms with Crippen LogP contribution in [-0.2, 0) is 18.3 Å². The number of ether oxygens (including phenoxy) is 1. The normalized spacial score (nSPS) is 12.4. The van der Waals surface area contributed by atoms with Crippen LogP contribution in [-0.4, -0.2) is 22.2 Å². The standard InChI is InChI=1S/C12H12N2O2/c1-13-10(12(15)16-2)6-8-7-14-5-3-4-9(14)11(8)13/h3-6H,7H2,1-2H3. The van der Waals surface area contributed by atoms with Gasteiger partial charge in [-0.3, -0.25) is 0 Å². The van der Waals surface area contributed by atoms with Gasteiger partial charge in [-0.25, -0.2) is 4.79 Å². The minimum absolute atomic E-state index is 0.282. The van der Waals surface area contributed by atoms with Crippen LogP contribution in [0.3, 0.4) is 0 Å². The van der Waals surface area contributed by atoms with Crippen LogP contribution in [0.15, 0.2) is 24.4 Å². The molecule has 0 fully saturated rings. The van der Waals surface area contributed by atoms with Crippen LogP contribution >= 0.6 is 0 Å². The van der Waals surface area contributed by atoms with Crippen molar-refractivity contribution in [2.24, 2.45) is 7.05 Å². The maximum absolute atomic E-state index is 11.5. The number of methoxy groups -OCH3 is 1. The van der Waals surface area contributed by atoms with E-state index in [1.165, 1.54) is 12.7 Å². The quantitative estimate of drug-likeness (QED) is 0.580. The van der Waals surface area contributed by atoms with Gasteiger partial charge in [-0.1, -0.05) is 0 Å². The van der Waals surface area contributed by atoms with Gasteiger partial charge in [0.2, 0.25) is 0 Å². The predicted molar refractivity (Wildman–Crippen MR) is 59.3 cm³/mol. The minimum atomic E-state index is -0.282. The highest BCUT2D eigenvalue weighted by Crippen LogP contribution is 2.34. The van der Waals surface area contributed by atoms with E-state index in [1.54, 1.807) is 0 Å². The second-order valence-corrected chi connectivity index (χ2v) is 3.98. The molecule has 0 atom stereocenters. The Morgan fingerprint density at radius 3 is 3.06 bits per heavy atom. The summed E-state index contributed by atoms with van der Waals surface area (Å²) in [6, 6.07) is 5.99. The Labute approximate surface area is 93.1 Å². The van der Waals surface area contributed by atoms with Gasteiger partial charge in [0.15, 0.2) is 0 Å². The molecule has 0 N–H and O–H groups in total. The molecule has 4 heteroatoms. The van der Waals surface area contributed by atoms with Crippen molar-refractivity contribution in [3.8, 4) is 11.4 Å². The van der Waals surface area contributed by atoms with Gasteiger partial charge in [0, 0.05) is 19.8 Å². The van der Waals surface area contributed by atoms with E-state index in [9.17, 15) is 4.79 Å². The van der Waals surface area contributed by atoms with E-state index >= 15 is 0 Å². The molecule has 0 unspecified atom stereocenters. The maximum atomic E-state index is 11.5. The smallest absolute Gasteiger partial charge is 0.354 e. The van der Waals surface area contributed by atoms with Crippen molar-refractivity contribution < 1.29 is 9.53 Å². The zero-order valence-corrected chi connectivity index (χ0v) is 9.23. The van der Waals surface area contributed by atoms with Gasteiger partial charge in [0.25, 0.3) is 0 Å². The summed E-state index contributed by atoms with van der Waals surface area (Å²) in [6.45, 7) is 0.836. The first kappa shape index (κ1) is 9.27. The number of hydrogen-bond acceptors (Lipinski definition) is 2. The summed E-state index contributed by atoms with van der Waals surface area (Å²) in [5, 5.41) is 0. The van der Waals surface area contributed by atoms with Gasteiger partial charge in [-0.05, 0) is 23.8 Å². The lowest BCUT2D eigenvalue weighted by Gasteiger charge is -2.05. The highest BCUT2D eigenvalue weighted by Gasteiger charge is 2.25. The maximum Gasteiger partial charge on any atom is 0.354 e. The highest BCUT2D eigenvalue weighted by molar-refractivity contribution is 5.90. The van der Waals surface area contributed by atoms with Crippen molar-refractivity contribution >= 4 is 5.97 Å². The molecule has 3 heterocycles. The van der Waals surface area contributed by atoms with E-state index in [-0.39, 0.29) is 5.97 Å². The molecule has 0 amide bonds. The molecule has 1 aliphatic heterocycles. The number of fused-ring (bicyclic) bond motifs is 3.